The number of benzene rings is 2. The van der Waals surface area contributed by atoms with Crippen LogP contribution in [0.1, 0.15) is 11.4 Å². The molecular formula is C18H13ClN6O2. The van der Waals surface area contributed by atoms with Gasteiger partial charge in [-0.3, -0.25) is 10.1 Å². The number of fused-ring (bicyclic) bond motifs is 1. The zero-order valence-corrected chi connectivity index (χ0v) is 14.7. The molecule has 0 saturated heterocycles. The molecule has 2 aromatic heterocycles. The highest BCUT2D eigenvalue weighted by Crippen LogP contribution is 2.20. The van der Waals surface area contributed by atoms with Gasteiger partial charge in [-0.05, 0) is 35.9 Å². The fourth-order valence-corrected chi connectivity index (χ4v) is 2.83. The van der Waals surface area contributed by atoms with E-state index >= 15 is 0 Å². The topological polar surface area (TPSA) is 98.2 Å². The molecule has 134 valence electrons. The van der Waals surface area contributed by atoms with Crippen molar-refractivity contribution in [2.24, 2.45) is 0 Å². The lowest BCUT2D eigenvalue weighted by Crippen LogP contribution is -2.03. The number of aromatic nitrogens is 4. The second-order valence-electron chi connectivity index (χ2n) is 5.84. The third-order valence-corrected chi connectivity index (χ3v) is 4.17. The summed E-state index contributed by atoms with van der Waals surface area (Å²) in [7, 11) is 0. The summed E-state index contributed by atoms with van der Waals surface area (Å²) in [6.45, 7) is 0. The molecule has 2 aromatic carbocycles. The number of anilines is 2. The van der Waals surface area contributed by atoms with Crippen molar-refractivity contribution >= 4 is 34.4 Å². The van der Waals surface area contributed by atoms with Crippen molar-refractivity contribution in [2.45, 2.75) is 6.42 Å². The van der Waals surface area contributed by atoms with Gasteiger partial charge >= 0.3 is 0 Å². The number of halogens is 1. The van der Waals surface area contributed by atoms with Gasteiger partial charge in [0, 0.05) is 29.3 Å². The van der Waals surface area contributed by atoms with Crippen LogP contribution in [0.3, 0.4) is 0 Å². The first-order chi connectivity index (χ1) is 13.1. The average Bonchev–Trinajstić information content (AvgIpc) is 3.04. The molecule has 0 saturated carbocycles. The lowest BCUT2D eigenvalue weighted by atomic mass is 10.1. The van der Waals surface area contributed by atoms with E-state index in [9.17, 15) is 10.1 Å². The largest absolute Gasteiger partial charge is 0.339 e. The average molecular weight is 381 g/mol. The molecule has 0 unspecified atom stereocenters. The van der Waals surface area contributed by atoms with Crippen molar-refractivity contribution in [3.8, 4) is 0 Å². The monoisotopic (exact) mass is 380 g/mol. The van der Waals surface area contributed by atoms with Gasteiger partial charge in [0.15, 0.2) is 17.3 Å². The Bertz CT molecular complexity index is 1130. The Labute approximate surface area is 158 Å². The molecule has 0 amide bonds. The number of rotatable bonds is 5. The molecule has 0 aliphatic heterocycles. The van der Waals surface area contributed by atoms with Crippen LogP contribution in [0.5, 0.6) is 0 Å². The molecular weight excluding hydrogens is 368 g/mol. The second kappa shape index (κ2) is 7.00. The van der Waals surface area contributed by atoms with Crippen LogP contribution >= 0.6 is 11.6 Å². The summed E-state index contributed by atoms with van der Waals surface area (Å²) in [5.41, 5.74) is 2.36. The first-order valence-electron chi connectivity index (χ1n) is 8.06. The highest BCUT2D eigenvalue weighted by atomic mass is 35.5. The molecule has 8 nitrogen and oxygen atoms in total. The van der Waals surface area contributed by atoms with Gasteiger partial charge in [-0.25, -0.2) is 0 Å². The molecule has 0 radical (unpaired) electrons. The maximum absolute atomic E-state index is 10.8. The van der Waals surface area contributed by atoms with E-state index in [0.717, 1.165) is 11.3 Å². The zero-order chi connectivity index (χ0) is 18.8. The highest BCUT2D eigenvalue weighted by molar-refractivity contribution is 6.30. The number of non-ortho nitro benzene ring substituents is 1. The third kappa shape index (κ3) is 3.70. The van der Waals surface area contributed by atoms with Gasteiger partial charge in [0.25, 0.3) is 5.69 Å². The van der Waals surface area contributed by atoms with E-state index in [1.54, 1.807) is 34.8 Å². The Morgan fingerprint density at radius 3 is 2.63 bits per heavy atom. The van der Waals surface area contributed by atoms with E-state index in [1.807, 2.05) is 18.2 Å². The maximum Gasteiger partial charge on any atom is 0.269 e. The van der Waals surface area contributed by atoms with E-state index in [0.29, 0.717) is 28.7 Å². The number of nitrogens with zero attached hydrogens (tertiary/aromatic N) is 5. The first-order valence-corrected chi connectivity index (χ1v) is 8.43. The van der Waals surface area contributed by atoms with E-state index in [1.165, 1.54) is 12.1 Å². The molecule has 0 fully saturated rings. The summed E-state index contributed by atoms with van der Waals surface area (Å²) < 4.78 is 1.65. The van der Waals surface area contributed by atoms with Gasteiger partial charge < -0.3 is 5.32 Å². The van der Waals surface area contributed by atoms with Gasteiger partial charge in [0.05, 0.1) is 4.92 Å². The summed E-state index contributed by atoms with van der Waals surface area (Å²) in [5, 5.41) is 27.4. The second-order valence-corrected chi connectivity index (χ2v) is 6.28. The maximum atomic E-state index is 10.8. The van der Waals surface area contributed by atoms with E-state index in [4.69, 9.17) is 11.6 Å². The number of nitro benzene ring substituents is 1. The summed E-state index contributed by atoms with van der Waals surface area (Å²) in [5.74, 6) is 1.25. The van der Waals surface area contributed by atoms with Crippen LogP contribution in [-0.4, -0.2) is 24.7 Å². The van der Waals surface area contributed by atoms with E-state index in [-0.39, 0.29) is 5.69 Å². The van der Waals surface area contributed by atoms with Crippen LogP contribution in [-0.2, 0) is 6.42 Å². The Hall–Kier alpha value is -3.52. The molecule has 0 spiro atoms. The Morgan fingerprint density at radius 1 is 1.07 bits per heavy atom. The lowest BCUT2D eigenvalue weighted by molar-refractivity contribution is -0.384. The van der Waals surface area contributed by atoms with Gasteiger partial charge in [-0.1, -0.05) is 29.8 Å². The number of hydrogen-bond donors (Lipinski definition) is 1. The summed E-state index contributed by atoms with van der Waals surface area (Å²) in [4.78, 5) is 10.3. The van der Waals surface area contributed by atoms with Crippen molar-refractivity contribution in [3.63, 3.8) is 0 Å². The van der Waals surface area contributed by atoms with E-state index < -0.39 is 4.92 Å². The van der Waals surface area contributed by atoms with Crippen LogP contribution < -0.4 is 5.32 Å². The standard InChI is InChI=1S/C18H13ClN6O2/c19-13-2-1-3-14(11-13)20-16-8-9-17-21-22-18(24(17)23-16)10-12-4-6-15(7-5-12)25(26)27/h1-9,11H,10H2,(H,20,23). The molecule has 2 heterocycles. The fourth-order valence-electron chi connectivity index (χ4n) is 2.64. The molecule has 1 N–H and O–H groups in total. The van der Waals surface area contributed by atoms with Crippen molar-refractivity contribution in [2.75, 3.05) is 5.32 Å². The van der Waals surface area contributed by atoms with Gasteiger partial charge in [-0.2, -0.15) is 4.52 Å². The normalized spacial score (nSPS) is 10.9. The third-order valence-electron chi connectivity index (χ3n) is 3.93. The van der Waals surface area contributed by atoms with Gasteiger partial charge in [0.1, 0.15) is 0 Å². The Morgan fingerprint density at radius 2 is 1.89 bits per heavy atom. The van der Waals surface area contributed by atoms with Crippen molar-refractivity contribution < 1.29 is 4.92 Å². The van der Waals surface area contributed by atoms with Crippen molar-refractivity contribution in [1.29, 1.82) is 0 Å². The molecule has 0 aliphatic rings. The smallest absolute Gasteiger partial charge is 0.269 e. The SMILES string of the molecule is O=[N+]([O-])c1ccc(Cc2nnc3ccc(Nc4cccc(Cl)c4)nn23)cc1. The van der Waals surface area contributed by atoms with Crippen molar-refractivity contribution in [3.05, 3.63) is 87.2 Å². The quantitative estimate of drug-likeness (QED) is 0.414. The molecule has 4 rings (SSSR count). The van der Waals surface area contributed by atoms with E-state index in [2.05, 4.69) is 20.6 Å². The zero-order valence-electron chi connectivity index (χ0n) is 13.9. The summed E-state index contributed by atoms with van der Waals surface area (Å²) in [6.07, 6.45) is 0.451. The van der Waals surface area contributed by atoms with Gasteiger partial charge in [0.2, 0.25) is 0 Å². The molecule has 27 heavy (non-hydrogen) atoms. The highest BCUT2D eigenvalue weighted by Gasteiger charge is 2.10. The minimum Gasteiger partial charge on any atom is -0.339 e. The van der Waals surface area contributed by atoms with Crippen LogP contribution in [0.4, 0.5) is 17.2 Å². The number of hydrogen-bond acceptors (Lipinski definition) is 6. The van der Waals surface area contributed by atoms with Crippen LogP contribution in [0, 0.1) is 10.1 Å². The predicted octanol–water partition coefficient (Wildman–Crippen LogP) is 4.02. The number of nitro groups is 1. The lowest BCUT2D eigenvalue weighted by Gasteiger charge is -2.07. The molecule has 0 atom stereocenters. The van der Waals surface area contributed by atoms with Crippen LogP contribution in [0.2, 0.25) is 5.02 Å². The molecule has 4 aromatic rings. The Balaban J connectivity index is 1.61. The first kappa shape index (κ1) is 16.9. The minimum atomic E-state index is -0.425. The predicted molar refractivity (Wildman–Crippen MR) is 101 cm³/mol. The van der Waals surface area contributed by atoms with Crippen molar-refractivity contribution in [1.82, 2.24) is 19.8 Å². The summed E-state index contributed by atoms with van der Waals surface area (Å²) >= 11 is 6.01. The van der Waals surface area contributed by atoms with Crippen LogP contribution in [0.25, 0.3) is 5.65 Å². The molecule has 0 aliphatic carbocycles. The molecule has 9 heteroatoms. The summed E-state index contributed by atoms with van der Waals surface area (Å²) in [6, 6.07) is 17.3. The number of nitrogens with one attached hydrogen (secondary N) is 1. The van der Waals surface area contributed by atoms with Crippen LogP contribution in [0.15, 0.2) is 60.7 Å². The Kier molecular flexibility index (Phi) is 4.39. The minimum absolute atomic E-state index is 0.0518. The molecule has 0 bridgehead atoms. The van der Waals surface area contributed by atoms with Gasteiger partial charge in [-0.15, -0.1) is 15.3 Å². The fraction of sp³-hybridized carbons (Fsp3) is 0.0556.